The molecule has 120 valence electrons. The number of rotatable bonds is 3. The molecule has 1 heterocycles. The molecule has 1 fully saturated rings. The maximum absolute atomic E-state index is 12.9. The van der Waals surface area contributed by atoms with Gasteiger partial charge in [-0.1, -0.05) is 46.3 Å². The van der Waals surface area contributed by atoms with E-state index in [1.165, 1.54) is 4.90 Å². The number of urea groups is 1. The number of hydrogen-bond acceptors (Lipinski definition) is 3. The first-order chi connectivity index (χ1) is 11.5. The standard InChI is InChI=1S/C18H14BrN3O2/c1-18(14-8-6-12(10-20)7-9-14)16(23)22(17(24)21-18)11-13-4-2-3-5-15(13)19/h2-9H,11H2,1H3,(H,21,24)/t18-/m0/s1. The van der Waals surface area contributed by atoms with Gasteiger partial charge in [0.1, 0.15) is 5.54 Å². The fraction of sp³-hybridized carbons (Fsp3) is 0.167. The van der Waals surface area contributed by atoms with Crippen molar-refractivity contribution in [2.75, 3.05) is 0 Å². The van der Waals surface area contributed by atoms with Crippen molar-refractivity contribution in [1.29, 1.82) is 5.26 Å². The summed E-state index contributed by atoms with van der Waals surface area (Å²) in [4.78, 5) is 26.4. The highest BCUT2D eigenvalue weighted by atomic mass is 79.9. The maximum atomic E-state index is 12.9. The SMILES string of the molecule is C[C@@]1(c2ccc(C#N)cc2)NC(=O)N(Cc2ccccc2Br)C1=O. The van der Waals surface area contributed by atoms with Crippen molar-refractivity contribution in [2.24, 2.45) is 0 Å². The normalized spacial score (nSPS) is 20.0. The average Bonchev–Trinajstić information content (AvgIpc) is 2.81. The predicted octanol–water partition coefficient (Wildman–Crippen LogP) is 3.29. The molecular weight excluding hydrogens is 370 g/mol. The van der Waals surface area contributed by atoms with E-state index in [2.05, 4.69) is 21.2 Å². The van der Waals surface area contributed by atoms with Gasteiger partial charge in [0.05, 0.1) is 18.2 Å². The van der Waals surface area contributed by atoms with E-state index in [0.29, 0.717) is 11.1 Å². The summed E-state index contributed by atoms with van der Waals surface area (Å²) in [6.45, 7) is 1.87. The summed E-state index contributed by atoms with van der Waals surface area (Å²) < 4.78 is 0.845. The molecule has 2 aromatic rings. The number of halogens is 1. The first-order valence-electron chi connectivity index (χ1n) is 7.34. The molecule has 0 aromatic heterocycles. The number of nitrogens with zero attached hydrogens (tertiary/aromatic N) is 2. The molecule has 0 aliphatic carbocycles. The van der Waals surface area contributed by atoms with Gasteiger partial charge in [-0.2, -0.15) is 5.26 Å². The second-order valence-corrected chi connectivity index (χ2v) is 6.58. The molecule has 0 bridgehead atoms. The van der Waals surface area contributed by atoms with E-state index >= 15 is 0 Å². The van der Waals surface area contributed by atoms with Crippen molar-refractivity contribution in [1.82, 2.24) is 10.2 Å². The topological polar surface area (TPSA) is 73.2 Å². The van der Waals surface area contributed by atoms with Crippen LogP contribution in [-0.2, 0) is 16.9 Å². The fourth-order valence-electron chi connectivity index (χ4n) is 2.71. The largest absolute Gasteiger partial charge is 0.325 e. The number of imide groups is 1. The van der Waals surface area contributed by atoms with Crippen LogP contribution in [0.3, 0.4) is 0 Å². The number of carbonyl (C=O) groups excluding carboxylic acids is 2. The summed E-state index contributed by atoms with van der Waals surface area (Å²) in [6.07, 6.45) is 0. The molecule has 1 N–H and O–H groups in total. The lowest BCUT2D eigenvalue weighted by Crippen LogP contribution is -2.40. The van der Waals surface area contributed by atoms with Gasteiger partial charge < -0.3 is 5.32 Å². The number of carbonyl (C=O) groups is 2. The van der Waals surface area contributed by atoms with Gasteiger partial charge in [0.25, 0.3) is 5.91 Å². The van der Waals surface area contributed by atoms with Crippen LogP contribution in [0.4, 0.5) is 4.79 Å². The first-order valence-corrected chi connectivity index (χ1v) is 8.13. The van der Waals surface area contributed by atoms with Crippen molar-refractivity contribution < 1.29 is 9.59 Å². The Hall–Kier alpha value is -2.65. The Bertz CT molecular complexity index is 857. The van der Waals surface area contributed by atoms with Gasteiger partial charge in [-0.15, -0.1) is 0 Å². The number of hydrogen-bond donors (Lipinski definition) is 1. The lowest BCUT2D eigenvalue weighted by atomic mass is 9.91. The van der Waals surface area contributed by atoms with E-state index in [0.717, 1.165) is 10.0 Å². The second kappa shape index (κ2) is 6.10. The quantitative estimate of drug-likeness (QED) is 0.826. The summed E-state index contributed by atoms with van der Waals surface area (Å²) >= 11 is 3.43. The third kappa shape index (κ3) is 2.68. The Labute approximate surface area is 148 Å². The molecule has 0 unspecified atom stereocenters. The summed E-state index contributed by atoms with van der Waals surface area (Å²) in [5.41, 5.74) is 0.871. The van der Waals surface area contributed by atoms with Gasteiger partial charge >= 0.3 is 6.03 Å². The summed E-state index contributed by atoms with van der Waals surface area (Å²) in [6, 6.07) is 15.7. The highest BCUT2D eigenvalue weighted by Crippen LogP contribution is 2.30. The molecule has 3 rings (SSSR count). The number of nitrogens with one attached hydrogen (secondary N) is 1. The van der Waals surface area contributed by atoms with Crippen LogP contribution in [0.1, 0.15) is 23.6 Å². The molecule has 3 amide bonds. The molecule has 1 aliphatic rings. The Balaban J connectivity index is 1.90. The van der Waals surface area contributed by atoms with Crippen LogP contribution in [0.25, 0.3) is 0 Å². The van der Waals surface area contributed by atoms with Gasteiger partial charge in [0.2, 0.25) is 0 Å². The Kier molecular flexibility index (Phi) is 4.12. The van der Waals surface area contributed by atoms with Gasteiger partial charge in [0, 0.05) is 4.47 Å². The smallest absolute Gasteiger partial charge is 0.319 e. The first kappa shape index (κ1) is 16.2. The number of nitriles is 1. The Morgan fingerprint density at radius 1 is 1.17 bits per heavy atom. The van der Waals surface area contributed by atoms with Crippen LogP contribution in [0, 0.1) is 11.3 Å². The zero-order valence-electron chi connectivity index (χ0n) is 12.9. The maximum Gasteiger partial charge on any atom is 0.325 e. The Morgan fingerprint density at radius 2 is 1.83 bits per heavy atom. The van der Waals surface area contributed by atoms with E-state index in [1.807, 2.05) is 30.3 Å². The lowest BCUT2D eigenvalue weighted by molar-refractivity contribution is -0.131. The number of amides is 3. The van der Waals surface area contributed by atoms with Crippen molar-refractivity contribution in [2.45, 2.75) is 19.0 Å². The van der Waals surface area contributed by atoms with E-state index in [1.54, 1.807) is 31.2 Å². The van der Waals surface area contributed by atoms with Gasteiger partial charge in [-0.3, -0.25) is 9.69 Å². The monoisotopic (exact) mass is 383 g/mol. The van der Waals surface area contributed by atoms with Gasteiger partial charge in [-0.25, -0.2) is 4.79 Å². The molecule has 0 saturated carbocycles. The van der Waals surface area contributed by atoms with Crippen LogP contribution in [0.2, 0.25) is 0 Å². The van der Waals surface area contributed by atoms with Crippen molar-refractivity contribution in [3.05, 3.63) is 69.7 Å². The Morgan fingerprint density at radius 3 is 2.46 bits per heavy atom. The summed E-state index contributed by atoms with van der Waals surface area (Å²) in [7, 11) is 0. The van der Waals surface area contributed by atoms with Crippen LogP contribution < -0.4 is 5.32 Å². The second-order valence-electron chi connectivity index (χ2n) is 5.73. The molecular formula is C18H14BrN3O2. The lowest BCUT2D eigenvalue weighted by Gasteiger charge is -2.22. The summed E-state index contributed by atoms with van der Waals surface area (Å²) in [5, 5.41) is 11.6. The zero-order valence-corrected chi connectivity index (χ0v) is 14.5. The van der Waals surface area contributed by atoms with Crippen molar-refractivity contribution in [3.8, 4) is 6.07 Å². The van der Waals surface area contributed by atoms with E-state index in [9.17, 15) is 9.59 Å². The van der Waals surface area contributed by atoms with Crippen LogP contribution in [0.5, 0.6) is 0 Å². The van der Waals surface area contributed by atoms with Crippen molar-refractivity contribution in [3.63, 3.8) is 0 Å². The average molecular weight is 384 g/mol. The van der Waals surface area contributed by atoms with E-state index in [-0.39, 0.29) is 12.5 Å². The predicted molar refractivity (Wildman–Crippen MR) is 91.7 cm³/mol. The van der Waals surface area contributed by atoms with Crippen LogP contribution in [0.15, 0.2) is 53.0 Å². The molecule has 0 spiro atoms. The minimum absolute atomic E-state index is 0.192. The fourth-order valence-corrected chi connectivity index (χ4v) is 3.12. The molecule has 24 heavy (non-hydrogen) atoms. The minimum atomic E-state index is -1.13. The highest BCUT2D eigenvalue weighted by Gasteiger charge is 2.48. The molecule has 5 nitrogen and oxygen atoms in total. The molecule has 0 radical (unpaired) electrons. The number of benzene rings is 2. The van der Waals surface area contributed by atoms with Gasteiger partial charge in [0.15, 0.2) is 0 Å². The third-order valence-corrected chi connectivity index (χ3v) is 4.93. The van der Waals surface area contributed by atoms with Crippen LogP contribution >= 0.6 is 15.9 Å². The minimum Gasteiger partial charge on any atom is -0.319 e. The van der Waals surface area contributed by atoms with Gasteiger partial charge in [-0.05, 0) is 36.2 Å². The zero-order chi connectivity index (χ0) is 17.3. The van der Waals surface area contributed by atoms with Crippen molar-refractivity contribution >= 4 is 27.9 Å². The highest BCUT2D eigenvalue weighted by molar-refractivity contribution is 9.10. The third-order valence-electron chi connectivity index (χ3n) is 4.15. The molecule has 2 aromatic carbocycles. The molecule has 1 saturated heterocycles. The molecule has 1 aliphatic heterocycles. The molecule has 1 atom stereocenters. The van der Waals surface area contributed by atoms with Crippen LogP contribution in [-0.4, -0.2) is 16.8 Å². The van der Waals surface area contributed by atoms with E-state index in [4.69, 9.17) is 5.26 Å². The van der Waals surface area contributed by atoms with E-state index < -0.39 is 11.6 Å². The molecule has 6 heteroatoms. The summed E-state index contributed by atoms with van der Waals surface area (Å²) in [5.74, 6) is -0.312.